The third-order valence-electron chi connectivity index (χ3n) is 2.90. The van der Waals surface area contributed by atoms with Gasteiger partial charge in [0.25, 0.3) is 0 Å². The number of nitrogens with one attached hydrogen (secondary N) is 1. The molecule has 0 atom stereocenters. The third kappa shape index (κ3) is 4.13. The highest BCUT2D eigenvalue weighted by molar-refractivity contribution is 6.30. The zero-order valence-electron chi connectivity index (χ0n) is 11.6. The first-order chi connectivity index (χ1) is 10.1. The van der Waals surface area contributed by atoms with Gasteiger partial charge in [-0.2, -0.15) is 0 Å². The van der Waals surface area contributed by atoms with Gasteiger partial charge in [0.05, 0.1) is 12.2 Å². The molecule has 0 saturated heterocycles. The fraction of sp³-hybridized carbons (Fsp3) is 0.188. The molecule has 0 aliphatic carbocycles. The summed E-state index contributed by atoms with van der Waals surface area (Å²) < 4.78 is 4.96. The molecule has 0 saturated carbocycles. The van der Waals surface area contributed by atoms with Crippen LogP contribution in [0.3, 0.4) is 0 Å². The Bertz CT molecular complexity index is 643. The second kappa shape index (κ2) is 6.99. The van der Waals surface area contributed by atoms with E-state index in [1.165, 1.54) is 0 Å². The van der Waals surface area contributed by atoms with E-state index in [4.69, 9.17) is 16.3 Å². The van der Waals surface area contributed by atoms with Gasteiger partial charge >= 0.3 is 5.97 Å². The summed E-state index contributed by atoms with van der Waals surface area (Å²) in [5.41, 5.74) is 1.93. The van der Waals surface area contributed by atoms with E-state index in [1.807, 2.05) is 6.07 Å². The molecule has 0 unspecified atom stereocenters. The lowest BCUT2D eigenvalue weighted by Crippen LogP contribution is -2.06. The number of esters is 1. The van der Waals surface area contributed by atoms with Crippen molar-refractivity contribution in [2.45, 2.75) is 13.5 Å². The zero-order chi connectivity index (χ0) is 15.2. The Hall–Kier alpha value is -2.20. The lowest BCUT2D eigenvalue weighted by Gasteiger charge is -2.10. The summed E-state index contributed by atoms with van der Waals surface area (Å²) in [6.45, 7) is 2.51. The normalized spacial score (nSPS) is 10.2. The lowest BCUT2D eigenvalue weighted by atomic mass is 10.1. The molecule has 0 aliphatic rings. The SMILES string of the molecule is CCOC(=O)c1cccc(NCc2cc(Cl)ccc2O)c1. The number of phenolic OH excluding ortho intramolecular Hbond substituents is 1. The van der Waals surface area contributed by atoms with Gasteiger partial charge in [0.1, 0.15) is 5.75 Å². The van der Waals surface area contributed by atoms with Crippen LogP contribution in [-0.2, 0) is 11.3 Å². The third-order valence-corrected chi connectivity index (χ3v) is 3.13. The highest BCUT2D eigenvalue weighted by atomic mass is 35.5. The molecule has 0 aliphatic heterocycles. The molecule has 2 aromatic rings. The monoisotopic (exact) mass is 305 g/mol. The van der Waals surface area contributed by atoms with Crippen LogP contribution in [0, 0.1) is 0 Å². The minimum atomic E-state index is -0.355. The van der Waals surface area contributed by atoms with Gasteiger partial charge in [0.2, 0.25) is 0 Å². The van der Waals surface area contributed by atoms with Crippen molar-refractivity contribution in [3.05, 3.63) is 58.6 Å². The number of carbonyl (C=O) groups excluding carboxylic acids is 1. The predicted molar refractivity (Wildman–Crippen MR) is 82.8 cm³/mol. The van der Waals surface area contributed by atoms with E-state index in [9.17, 15) is 9.90 Å². The van der Waals surface area contributed by atoms with Crippen molar-refractivity contribution in [3.8, 4) is 5.75 Å². The van der Waals surface area contributed by atoms with Crippen LogP contribution in [0.15, 0.2) is 42.5 Å². The van der Waals surface area contributed by atoms with Crippen molar-refractivity contribution >= 4 is 23.3 Å². The van der Waals surface area contributed by atoms with Gasteiger partial charge in [-0.25, -0.2) is 4.79 Å². The largest absolute Gasteiger partial charge is 0.508 e. The van der Waals surface area contributed by atoms with E-state index in [0.717, 1.165) is 5.69 Å². The number of rotatable bonds is 5. The first-order valence-electron chi connectivity index (χ1n) is 6.58. The predicted octanol–water partition coefficient (Wildman–Crippen LogP) is 3.83. The Labute approximate surface area is 128 Å². The van der Waals surface area contributed by atoms with Crippen molar-refractivity contribution in [3.63, 3.8) is 0 Å². The van der Waals surface area contributed by atoms with E-state index in [0.29, 0.717) is 29.3 Å². The Morgan fingerprint density at radius 3 is 2.86 bits per heavy atom. The maximum atomic E-state index is 11.7. The summed E-state index contributed by atoms with van der Waals surface area (Å²) >= 11 is 5.90. The Morgan fingerprint density at radius 2 is 2.10 bits per heavy atom. The van der Waals surface area contributed by atoms with E-state index in [1.54, 1.807) is 43.3 Å². The molecule has 2 N–H and O–H groups in total. The van der Waals surface area contributed by atoms with Crippen molar-refractivity contribution in [2.24, 2.45) is 0 Å². The van der Waals surface area contributed by atoms with Crippen molar-refractivity contribution < 1.29 is 14.6 Å². The van der Waals surface area contributed by atoms with E-state index in [-0.39, 0.29) is 11.7 Å². The minimum absolute atomic E-state index is 0.174. The fourth-order valence-corrected chi connectivity index (χ4v) is 2.06. The number of hydrogen-bond donors (Lipinski definition) is 2. The Kier molecular flexibility index (Phi) is 5.06. The quantitative estimate of drug-likeness (QED) is 0.824. The molecule has 0 heterocycles. The number of halogens is 1. The summed E-state index contributed by atoms with van der Waals surface area (Å²) in [5, 5.41) is 13.5. The highest BCUT2D eigenvalue weighted by Gasteiger charge is 2.07. The fourth-order valence-electron chi connectivity index (χ4n) is 1.86. The molecule has 2 rings (SSSR count). The maximum Gasteiger partial charge on any atom is 0.338 e. The van der Waals surface area contributed by atoms with E-state index in [2.05, 4.69) is 5.32 Å². The van der Waals surface area contributed by atoms with Gasteiger partial charge in [-0.3, -0.25) is 0 Å². The minimum Gasteiger partial charge on any atom is -0.508 e. The number of anilines is 1. The van der Waals surface area contributed by atoms with Crippen LogP contribution in [-0.4, -0.2) is 17.7 Å². The summed E-state index contributed by atoms with van der Waals surface area (Å²) in [4.78, 5) is 11.7. The number of hydrogen-bond acceptors (Lipinski definition) is 4. The van der Waals surface area contributed by atoms with E-state index < -0.39 is 0 Å². The number of aromatic hydroxyl groups is 1. The Morgan fingerprint density at radius 1 is 1.29 bits per heavy atom. The van der Waals surface area contributed by atoms with Crippen LogP contribution in [0.5, 0.6) is 5.75 Å². The zero-order valence-corrected chi connectivity index (χ0v) is 12.4. The topological polar surface area (TPSA) is 58.6 Å². The Balaban J connectivity index is 2.08. The number of ether oxygens (including phenoxy) is 1. The van der Waals surface area contributed by atoms with Gasteiger partial charge in [0.15, 0.2) is 0 Å². The highest BCUT2D eigenvalue weighted by Crippen LogP contribution is 2.22. The second-order valence-corrected chi connectivity index (χ2v) is 4.86. The molecule has 0 aromatic heterocycles. The van der Waals surface area contributed by atoms with Crippen LogP contribution in [0.2, 0.25) is 5.02 Å². The van der Waals surface area contributed by atoms with Gasteiger partial charge in [-0.15, -0.1) is 0 Å². The number of phenols is 1. The molecule has 0 spiro atoms. The van der Waals surface area contributed by atoms with Crippen molar-refractivity contribution in [1.29, 1.82) is 0 Å². The molecule has 2 aromatic carbocycles. The maximum absolute atomic E-state index is 11.7. The summed E-state index contributed by atoms with van der Waals surface area (Å²) in [6.07, 6.45) is 0. The van der Waals surface area contributed by atoms with Crippen LogP contribution in [0.1, 0.15) is 22.8 Å². The molecular formula is C16H16ClNO3. The smallest absolute Gasteiger partial charge is 0.338 e. The van der Waals surface area contributed by atoms with Crippen LogP contribution in [0.4, 0.5) is 5.69 Å². The van der Waals surface area contributed by atoms with Crippen molar-refractivity contribution in [1.82, 2.24) is 0 Å². The summed E-state index contributed by atoms with van der Waals surface area (Å²) in [5.74, 6) is -0.180. The second-order valence-electron chi connectivity index (χ2n) is 4.43. The average Bonchev–Trinajstić information content (AvgIpc) is 2.49. The number of benzene rings is 2. The average molecular weight is 306 g/mol. The first-order valence-corrected chi connectivity index (χ1v) is 6.96. The number of carbonyl (C=O) groups is 1. The molecular weight excluding hydrogens is 290 g/mol. The van der Waals surface area contributed by atoms with Crippen LogP contribution < -0.4 is 5.32 Å². The first kappa shape index (κ1) is 15.2. The molecule has 0 radical (unpaired) electrons. The van der Waals surface area contributed by atoms with Crippen molar-refractivity contribution in [2.75, 3.05) is 11.9 Å². The van der Waals surface area contributed by atoms with Gasteiger partial charge in [0, 0.05) is 22.8 Å². The molecule has 4 nitrogen and oxygen atoms in total. The molecule has 110 valence electrons. The van der Waals surface area contributed by atoms with Crippen LogP contribution in [0.25, 0.3) is 0 Å². The standard InChI is InChI=1S/C16H16ClNO3/c1-2-21-16(20)11-4-3-5-14(9-11)18-10-12-8-13(17)6-7-15(12)19/h3-9,18-19H,2,10H2,1H3. The van der Waals surface area contributed by atoms with Gasteiger partial charge < -0.3 is 15.2 Å². The van der Waals surface area contributed by atoms with Gasteiger partial charge in [-0.1, -0.05) is 17.7 Å². The molecule has 5 heteroatoms. The molecule has 0 fully saturated rings. The molecule has 0 amide bonds. The summed E-state index contributed by atoms with van der Waals surface area (Å²) in [6, 6.07) is 11.9. The lowest BCUT2D eigenvalue weighted by molar-refractivity contribution is 0.0526. The summed E-state index contributed by atoms with van der Waals surface area (Å²) in [7, 11) is 0. The molecule has 21 heavy (non-hydrogen) atoms. The van der Waals surface area contributed by atoms with Gasteiger partial charge in [-0.05, 0) is 43.3 Å². The molecule has 0 bridgehead atoms. The van der Waals surface area contributed by atoms with Crippen LogP contribution >= 0.6 is 11.6 Å². The van der Waals surface area contributed by atoms with E-state index >= 15 is 0 Å².